The van der Waals surface area contributed by atoms with Gasteiger partial charge in [-0.15, -0.1) is 10.2 Å². The Labute approximate surface area is 125 Å². The van der Waals surface area contributed by atoms with E-state index in [9.17, 15) is 0 Å². The predicted molar refractivity (Wildman–Crippen MR) is 85.0 cm³/mol. The molecule has 3 rings (SSSR count). The molecule has 0 bridgehead atoms. The fourth-order valence-corrected chi connectivity index (χ4v) is 2.76. The van der Waals surface area contributed by atoms with Crippen LogP contribution in [0.4, 0.5) is 11.6 Å². The lowest BCUT2D eigenvalue weighted by Crippen LogP contribution is -2.51. The molecule has 0 radical (unpaired) electrons. The molecule has 1 unspecified atom stereocenters. The lowest BCUT2D eigenvalue weighted by atomic mass is 10.1. The number of nitrogens with two attached hydrogens (primary N) is 1. The Morgan fingerprint density at radius 1 is 1.10 bits per heavy atom. The van der Waals surface area contributed by atoms with Gasteiger partial charge in [0, 0.05) is 32.2 Å². The number of piperazine rings is 1. The Morgan fingerprint density at radius 3 is 2.57 bits per heavy atom. The van der Waals surface area contributed by atoms with Crippen molar-refractivity contribution in [1.29, 1.82) is 0 Å². The van der Waals surface area contributed by atoms with Gasteiger partial charge < -0.3 is 10.6 Å². The minimum atomic E-state index is 0.467. The molecule has 0 spiro atoms. The fourth-order valence-electron chi connectivity index (χ4n) is 2.76. The molecule has 5 nitrogen and oxygen atoms in total. The first-order chi connectivity index (χ1) is 10.2. The zero-order valence-electron chi connectivity index (χ0n) is 12.3. The summed E-state index contributed by atoms with van der Waals surface area (Å²) in [5.41, 5.74) is 6.96. The quantitative estimate of drug-likeness (QED) is 0.930. The molecule has 1 fully saturated rings. The van der Waals surface area contributed by atoms with Crippen molar-refractivity contribution < 1.29 is 0 Å². The fraction of sp³-hybridized carbons (Fsp3) is 0.375. The third-order valence-corrected chi connectivity index (χ3v) is 3.99. The Bertz CT molecular complexity index is 569. The second-order valence-electron chi connectivity index (χ2n) is 5.57. The van der Waals surface area contributed by atoms with Crippen molar-refractivity contribution in [2.75, 3.05) is 30.3 Å². The molecule has 2 N–H and O–H groups in total. The van der Waals surface area contributed by atoms with Crippen molar-refractivity contribution in [3.63, 3.8) is 0 Å². The van der Waals surface area contributed by atoms with Gasteiger partial charge in [-0.25, -0.2) is 0 Å². The van der Waals surface area contributed by atoms with E-state index in [4.69, 9.17) is 5.73 Å². The van der Waals surface area contributed by atoms with Gasteiger partial charge in [0.05, 0.1) is 0 Å². The second kappa shape index (κ2) is 6.10. The maximum atomic E-state index is 5.59. The van der Waals surface area contributed by atoms with Crippen LogP contribution in [0.5, 0.6) is 0 Å². The highest BCUT2D eigenvalue weighted by Crippen LogP contribution is 2.18. The zero-order chi connectivity index (χ0) is 14.7. The van der Waals surface area contributed by atoms with E-state index in [1.807, 2.05) is 12.1 Å². The highest BCUT2D eigenvalue weighted by atomic mass is 15.3. The van der Waals surface area contributed by atoms with Crippen LogP contribution in [0.25, 0.3) is 0 Å². The normalized spacial score (nSPS) is 19.7. The van der Waals surface area contributed by atoms with Crippen molar-refractivity contribution in [2.45, 2.75) is 19.5 Å². The monoisotopic (exact) mass is 283 g/mol. The van der Waals surface area contributed by atoms with E-state index in [1.54, 1.807) is 0 Å². The Morgan fingerprint density at radius 2 is 1.90 bits per heavy atom. The molecule has 1 saturated heterocycles. The minimum Gasteiger partial charge on any atom is -0.382 e. The summed E-state index contributed by atoms with van der Waals surface area (Å²) in [5, 5.41) is 8.12. The highest BCUT2D eigenvalue weighted by Gasteiger charge is 2.24. The number of benzene rings is 1. The third kappa shape index (κ3) is 3.31. The molecule has 1 aromatic heterocycles. The first kappa shape index (κ1) is 13.8. The Balaban J connectivity index is 1.63. The molecule has 110 valence electrons. The van der Waals surface area contributed by atoms with E-state index < -0.39 is 0 Å². The molecule has 2 heterocycles. The van der Waals surface area contributed by atoms with E-state index in [0.29, 0.717) is 11.9 Å². The van der Waals surface area contributed by atoms with Gasteiger partial charge in [-0.05, 0) is 24.6 Å². The van der Waals surface area contributed by atoms with Crippen LogP contribution >= 0.6 is 0 Å². The van der Waals surface area contributed by atoms with Crippen LogP contribution in [0.15, 0.2) is 42.5 Å². The maximum Gasteiger partial charge on any atom is 0.151 e. The van der Waals surface area contributed by atoms with Crippen LogP contribution in [0.1, 0.15) is 12.5 Å². The summed E-state index contributed by atoms with van der Waals surface area (Å²) in [6.45, 7) is 6.23. The molecule has 2 aromatic rings. The average Bonchev–Trinajstić information content (AvgIpc) is 2.51. The molecule has 1 aliphatic heterocycles. The van der Waals surface area contributed by atoms with Gasteiger partial charge in [-0.3, -0.25) is 4.90 Å². The highest BCUT2D eigenvalue weighted by molar-refractivity contribution is 5.42. The maximum absolute atomic E-state index is 5.59. The van der Waals surface area contributed by atoms with Crippen LogP contribution < -0.4 is 10.6 Å². The number of hydrogen-bond donors (Lipinski definition) is 1. The molecule has 0 aliphatic carbocycles. The molecule has 1 aromatic carbocycles. The Hall–Kier alpha value is -2.14. The lowest BCUT2D eigenvalue weighted by molar-refractivity contribution is 0.180. The van der Waals surface area contributed by atoms with Gasteiger partial charge >= 0.3 is 0 Å². The molecule has 1 atom stereocenters. The van der Waals surface area contributed by atoms with Crippen LogP contribution in [0, 0.1) is 0 Å². The Kier molecular flexibility index (Phi) is 4.01. The van der Waals surface area contributed by atoms with Crippen molar-refractivity contribution >= 4 is 11.6 Å². The molecular formula is C16H21N5. The minimum absolute atomic E-state index is 0.467. The number of aromatic nitrogens is 2. The molecule has 21 heavy (non-hydrogen) atoms. The number of anilines is 2. The van der Waals surface area contributed by atoms with E-state index in [-0.39, 0.29) is 0 Å². The van der Waals surface area contributed by atoms with E-state index in [1.165, 1.54) is 5.56 Å². The van der Waals surface area contributed by atoms with Crippen LogP contribution in [-0.2, 0) is 6.54 Å². The van der Waals surface area contributed by atoms with Gasteiger partial charge in [0.2, 0.25) is 0 Å². The largest absolute Gasteiger partial charge is 0.382 e. The molecule has 1 aliphatic rings. The standard InChI is InChI=1S/C16H21N5/c1-13-11-21(16-8-7-15(17)18-19-16)10-9-20(13)12-14-5-3-2-4-6-14/h2-8,13H,9-12H2,1H3,(H2,17,18). The van der Waals surface area contributed by atoms with E-state index in [2.05, 4.69) is 57.3 Å². The molecule has 5 heteroatoms. The summed E-state index contributed by atoms with van der Waals surface area (Å²) in [6.07, 6.45) is 0. The van der Waals surface area contributed by atoms with Gasteiger partial charge in [0.15, 0.2) is 5.82 Å². The van der Waals surface area contributed by atoms with Gasteiger partial charge in [-0.2, -0.15) is 0 Å². The molecule has 0 saturated carbocycles. The first-order valence-corrected chi connectivity index (χ1v) is 7.34. The number of rotatable bonds is 3. The van der Waals surface area contributed by atoms with Crippen LogP contribution in [0.3, 0.4) is 0 Å². The van der Waals surface area contributed by atoms with E-state index in [0.717, 1.165) is 32.0 Å². The topological polar surface area (TPSA) is 58.3 Å². The average molecular weight is 283 g/mol. The summed E-state index contributed by atoms with van der Waals surface area (Å²) in [7, 11) is 0. The summed E-state index contributed by atoms with van der Waals surface area (Å²) in [4.78, 5) is 4.79. The van der Waals surface area contributed by atoms with Crippen molar-refractivity contribution in [1.82, 2.24) is 15.1 Å². The molecule has 0 amide bonds. The molecular weight excluding hydrogens is 262 g/mol. The van der Waals surface area contributed by atoms with Crippen molar-refractivity contribution in [2.24, 2.45) is 0 Å². The SMILES string of the molecule is CC1CN(c2ccc(N)nn2)CCN1Cc1ccccc1. The van der Waals surface area contributed by atoms with Crippen molar-refractivity contribution in [3.8, 4) is 0 Å². The smallest absolute Gasteiger partial charge is 0.151 e. The summed E-state index contributed by atoms with van der Waals surface area (Å²) < 4.78 is 0. The third-order valence-electron chi connectivity index (χ3n) is 3.99. The van der Waals surface area contributed by atoms with Crippen molar-refractivity contribution in [3.05, 3.63) is 48.0 Å². The summed E-state index contributed by atoms with van der Waals surface area (Å²) >= 11 is 0. The predicted octanol–water partition coefficient (Wildman–Crippen LogP) is 1.77. The summed E-state index contributed by atoms with van der Waals surface area (Å²) in [5.74, 6) is 1.38. The van der Waals surface area contributed by atoms with E-state index >= 15 is 0 Å². The van der Waals surface area contributed by atoms with Crippen LogP contribution in [0.2, 0.25) is 0 Å². The van der Waals surface area contributed by atoms with Crippen LogP contribution in [-0.4, -0.2) is 40.8 Å². The zero-order valence-corrected chi connectivity index (χ0v) is 12.3. The number of nitrogen functional groups attached to an aromatic ring is 1. The van der Waals surface area contributed by atoms with Gasteiger partial charge in [0.1, 0.15) is 5.82 Å². The number of nitrogens with zero attached hydrogens (tertiary/aromatic N) is 4. The second-order valence-corrected chi connectivity index (χ2v) is 5.57. The number of hydrogen-bond acceptors (Lipinski definition) is 5. The first-order valence-electron chi connectivity index (χ1n) is 7.34. The van der Waals surface area contributed by atoms with Gasteiger partial charge in [-0.1, -0.05) is 30.3 Å². The van der Waals surface area contributed by atoms with Gasteiger partial charge in [0.25, 0.3) is 0 Å². The lowest BCUT2D eigenvalue weighted by Gasteiger charge is -2.40. The summed E-state index contributed by atoms with van der Waals surface area (Å²) in [6, 6.07) is 14.9.